The van der Waals surface area contributed by atoms with Crippen molar-refractivity contribution in [3.8, 4) is 22.3 Å². The van der Waals surface area contributed by atoms with Gasteiger partial charge in [0.25, 0.3) is 0 Å². The van der Waals surface area contributed by atoms with E-state index >= 15 is 0 Å². The number of pyridine rings is 1. The standard InChI is InChI=1S/C18H15N/c1-14-7-8-18(13-19-14)17-11-9-16(10-12-17)15-5-3-2-4-6-15/h2-13H,1H3. The molecular weight excluding hydrogens is 230 g/mol. The highest BCUT2D eigenvalue weighted by atomic mass is 14.7. The van der Waals surface area contributed by atoms with Gasteiger partial charge in [-0.1, -0.05) is 60.7 Å². The summed E-state index contributed by atoms with van der Waals surface area (Å²) in [6.45, 7) is 2.00. The van der Waals surface area contributed by atoms with E-state index in [1.54, 1.807) is 0 Å². The van der Waals surface area contributed by atoms with Gasteiger partial charge in [0, 0.05) is 17.5 Å². The van der Waals surface area contributed by atoms with Gasteiger partial charge < -0.3 is 0 Å². The van der Waals surface area contributed by atoms with Crippen LogP contribution in [0.4, 0.5) is 0 Å². The second kappa shape index (κ2) is 5.07. The second-order valence-corrected chi connectivity index (χ2v) is 4.63. The topological polar surface area (TPSA) is 12.9 Å². The minimum atomic E-state index is 1.05. The molecule has 19 heavy (non-hydrogen) atoms. The highest BCUT2D eigenvalue weighted by Gasteiger charge is 2.00. The summed E-state index contributed by atoms with van der Waals surface area (Å²) in [4.78, 5) is 4.34. The molecule has 0 aliphatic heterocycles. The molecule has 0 spiro atoms. The molecule has 3 aromatic rings. The number of rotatable bonds is 2. The van der Waals surface area contributed by atoms with Gasteiger partial charge >= 0.3 is 0 Å². The van der Waals surface area contributed by atoms with E-state index in [9.17, 15) is 0 Å². The van der Waals surface area contributed by atoms with Gasteiger partial charge in [-0.2, -0.15) is 0 Å². The van der Waals surface area contributed by atoms with Crippen molar-refractivity contribution in [3.63, 3.8) is 0 Å². The van der Waals surface area contributed by atoms with Crippen LogP contribution < -0.4 is 0 Å². The molecule has 0 saturated carbocycles. The highest BCUT2D eigenvalue weighted by molar-refractivity contribution is 5.69. The van der Waals surface area contributed by atoms with E-state index < -0.39 is 0 Å². The Hall–Kier alpha value is -2.41. The third kappa shape index (κ3) is 2.55. The van der Waals surface area contributed by atoms with Crippen molar-refractivity contribution in [2.24, 2.45) is 0 Å². The molecule has 0 aliphatic carbocycles. The lowest BCUT2D eigenvalue weighted by molar-refractivity contribution is 1.20. The lowest BCUT2D eigenvalue weighted by Crippen LogP contribution is -1.83. The molecule has 0 fully saturated rings. The number of nitrogens with zero attached hydrogens (tertiary/aromatic N) is 1. The second-order valence-electron chi connectivity index (χ2n) is 4.63. The first-order chi connectivity index (χ1) is 9.33. The lowest BCUT2D eigenvalue weighted by Gasteiger charge is -2.05. The van der Waals surface area contributed by atoms with E-state index in [-0.39, 0.29) is 0 Å². The third-order valence-corrected chi connectivity index (χ3v) is 3.24. The zero-order valence-corrected chi connectivity index (χ0v) is 10.9. The highest BCUT2D eigenvalue weighted by Crippen LogP contribution is 2.24. The molecule has 0 N–H and O–H groups in total. The molecule has 0 amide bonds. The zero-order valence-electron chi connectivity index (χ0n) is 10.9. The van der Waals surface area contributed by atoms with Gasteiger partial charge in [0.05, 0.1) is 0 Å². The molecule has 3 rings (SSSR count). The molecular formula is C18H15N. The van der Waals surface area contributed by atoms with Crippen LogP contribution in [0.2, 0.25) is 0 Å². The molecule has 1 aromatic heterocycles. The fourth-order valence-electron chi connectivity index (χ4n) is 2.12. The first-order valence-electron chi connectivity index (χ1n) is 6.41. The molecule has 0 unspecified atom stereocenters. The summed E-state index contributed by atoms with van der Waals surface area (Å²) in [5, 5.41) is 0. The average molecular weight is 245 g/mol. The van der Waals surface area contributed by atoms with Crippen molar-refractivity contribution < 1.29 is 0 Å². The fraction of sp³-hybridized carbons (Fsp3) is 0.0556. The summed E-state index contributed by atoms with van der Waals surface area (Å²) in [5.74, 6) is 0. The molecule has 0 bridgehead atoms. The van der Waals surface area contributed by atoms with Crippen molar-refractivity contribution in [1.29, 1.82) is 0 Å². The summed E-state index contributed by atoms with van der Waals surface area (Å²) < 4.78 is 0. The SMILES string of the molecule is Cc1ccc(-c2ccc(-c3ccccc3)cc2)cn1. The number of benzene rings is 2. The van der Waals surface area contributed by atoms with Gasteiger partial charge in [0.15, 0.2) is 0 Å². The molecule has 1 heterocycles. The van der Waals surface area contributed by atoms with E-state index in [2.05, 4.69) is 59.6 Å². The van der Waals surface area contributed by atoms with Crippen molar-refractivity contribution in [1.82, 2.24) is 4.98 Å². The van der Waals surface area contributed by atoms with E-state index in [4.69, 9.17) is 0 Å². The van der Waals surface area contributed by atoms with E-state index in [0.717, 1.165) is 11.3 Å². The van der Waals surface area contributed by atoms with Crippen LogP contribution >= 0.6 is 0 Å². The third-order valence-electron chi connectivity index (χ3n) is 3.24. The van der Waals surface area contributed by atoms with Gasteiger partial charge in [-0.3, -0.25) is 4.98 Å². The van der Waals surface area contributed by atoms with Gasteiger partial charge in [-0.15, -0.1) is 0 Å². The number of hydrogen-bond acceptors (Lipinski definition) is 1. The first kappa shape index (κ1) is 11.7. The Balaban J connectivity index is 1.93. The molecule has 0 saturated heterocycles. The minimum absolute atomic E-state index is 1.05. The Kier molecular flexibility index (Phi) is 3.11. The van der Waals surface area contributed by atoms with Gasteiger partial charge in [-0.25, -0.2) is 0 Å². The average Bonchev–Trinajstić information content (AvgIpc) is 2.49. The van der Waals surface area contributed by atoms with Crippen molar-refractivity contribution in [2.75, 3.05) is 0 Å². The Morgan fingerprint density at radius 1 is 0.579 bits per heavy atom. The Bertz CT molecular complexity index is 652. The first-order valence-corrected chi connectivity index (χ1v) is 6.41. The number of hydrogen-bond donors (Lipinski definition) is 0. The maximum absolute atomic E-state index is 4.34. The maximum atomic E-state index is 4.34. The molecule has 1 nitrogen and oxygen atoms in total. The quantitative estimate of drug-likeness (QED) is 0.636. The maximum Gasteiger partial charge on any atom is 0.0373 e. The largest absolute Gasteiger partial charge is 0.261 e. The minimum Gasteiger partial charge on any atom is -0.261 e. The van der Waals surface area contributed by atoms with E-state index in [1.807, 2.05) is 25.3 Å². The summed E-state index contributed by atoms with van der Waals surface area (Å²) in [6, 6.07) is 23.2. The Labute approximate surface area is 113 Å². The summed E-state index contributed by atoms with van der Waals surface area (Å²) in [6.07, 6.45) is 1.92. The van der Waals surface area contributed by atoms with Crippen LogP contribution in [0.25, 0.3) is 22.3 Å². The number of aromatic nitrogens is 1. The van der Waals surface area contributed by atoms with E-state index in [0.29, 0.717) is 0 Å². The summed E-state index contributed by atoms with van der Waals surface area (Å²) in [5.41, 5.74) is 5.89. The van der Waals surface area contributed by atoms with Crippen molar-refractivity contribution in [3.05, 3.63) is 78.6 Å². The normalized spacial score (nSPS) is 10.4. The summed E-state index contributed by atoms with van der Waals surface area (Å²) >= 11 is 0. The molecule has 0 atom stereocenters. The van der Waals surface area contributed by atoms with Crippen LogP contribution in [0.5, 0.6) is 0 Å². The Morgan fingerprint density at radius 3 is 1.68 bits per heavy atom. The molecule has 2 aromatic carbocycles. The number of aryl methyl sites for hydroxylation is 1. The van der Waals surface area contributed by atoms with Crippen LogP contribution in [0.1, 0.15) is 5.69 Å². The smallest absolute Gasteiger partial charge is 0.0373 e. The summed E-state index contributed by atoms with van der Waals surface area (Å²) in [7, 11) is 0. The molecule has 0 radical (unpaired) electrons. The molecule has 92 valence electrons. The van der Waals surface area contributed by atoms with E-state index in [1.165, 1.54) is 16.7 Å². The van der Waals surface area contributed by atoms with Crippen LogP contribution in [-0.4, -0.2) is 4.98 Å². The predicted octanol–water partition coefficient (Wildman–Crippen LogP) is 4.72. The van der Waals surface area contributed by atoms with Crippen LogP contribution in [-0.2, 0) is 0 Å². The van der Waals surface area contributed by atoms with Crippen LogP contribution in [0, 0.1) is 6.92 Å². The molecule has 0 aliphatic rings. The van der Waals surface area contributed by atoms with Gasteiger partial charge in [-0.05, 0) is 29.7 Å². The van der Waals surface area contributed by atoms with Crippen LogP contribution in [0.3, 0.4) is 0 Å². The fourth-order valence-corrected chi connectivity index (χ4v) is 2.12. The molecule has 1 heteroatoms. The zero-order chi connectivity index (χ0) is 13.1. The van der Waals surface area contributed by atoms with Crippen molar-refractivity contribution >= 4 is 0 Å². The monoisotopic (exact) mass is 245 g/mol. The van der Waals surface area contributed by atoms with Crippen molar-refractivity contribution in [2.45, 2.75) is 6.92 Å². The van der Waals surface area contributed by atoms with Crippen LogP contribution in [0.15, 0.2) is 72.9 Å². The van der Waals surface area contributed by atoms with Gasteiger partial charge in [0.1, 0.15) is 0 Å². The predicted molar refractivity (Wildman–Crippen MR) is 79.8 cm³/mol. The van der Waals surface area contributed by atoms with Gasteiger partial charge in [0.2, 0.25) is 0 Å². The Morgan fingerprint density at radius 2 is 1.11 bits per heavy atom. The lowest BCUT2D eigenvalue weighted by atomic mass is 10.0.